The van der Waals surface area contributed by atoms with E-state index in [1.807, 2.05) is 30.3 Å². The molecule has 0 spiro atoms. The first-order valence-corrected chi connectivity index (χ1v) is 16.7. The molecule has 4 heteroatoms. The first-order chi connectivity index (χ1) is 23.1. The molecular weight excluding hydrogens is 571 g/mol. The van der Waals surface area contributed by atoms with Gasteiger partial charge in [0.1, 0.15) is 12.7 Å². The molecule has 0 saturated carbocycles. The fourth-order valence-electron chi connectivity index (χ4n) is 6.65. The Hall–Kier alpha value is -5.19. The minimum absolute atomic E-state index is 0.00613. The van der Waals surface area contributed by atoms with Gasteiger partial charge in [-0.3, -0.25) is 4.79 Å². The van der Waals surface area contributed by atoms with Crippen LogP contribution in [0.25, 0.3) is 0 Å². The van der Waals surface area contributed by atoms with Crippen molar-refractivity contribution in [3.63, 3.8) is 0 Å². The van der Waals surface area contributed by atoms with E-state index in [-0.39, 0.29) is 5.91 Å². The standard InChI is InChI=1S/C24H20B.C19H24N2O/c1-5-13-21(14-6-1)25(22-15-7-2-8-16-22,23-17-9-3-10-18-23)24-19-11-4-12-20-24;1-21(2)15-18-12-7-6-9-16(18)13-8-14-20-19(22)17-10-4-3-5-11-17/h1-20H;3-7,9-12H,8,13-15H2,1-2H3,(H,20,22)/q-1;/p+1. The zero-order chi connectivity index (χ0) is 32.7. The number of carbonyl (C=O) groups is 1. The molecule has 6 aromatic rings. The summed E-state index contributed by atoms with van der Waals surface area (Å²) in [5, 5.41) is 2.99. The molecule has 6 rings (SSSR count). The summed E-state index contributed by atoms with van der Waals surface area (Å²) in [4.78, 5) is 13.4. The quantitative estimate of drug-likeness (QED) is 0.160. The molecule has 2 N–H and O–H groups in total. The molecule has 0 unspecified atom stereocenters. The topological polar surface area (TPSA) is 33.5 Å². The van der Waals surface area contributed by atoms with E-state index in [1.54, 1.807) is 0 Å². The lowest BCUT2D eigenvalue weighted by Crippen LogP contribution is -3.04. The molecular formula is C43H45BN2O. The van der Waals surface area contributed by atoms with Gasteiger partial charge in [-0.2, -0.15) is 21.9 Å². The summed E-state index contributed by atoms with van der Waals surface area (Å²) in [5.41, 5.74) is 8.86. The number of aryl methyl sites for hydroxylation is 1. The molecule has 0 fully saturated rings. The summed E-state index contributed by atoms with van der Waals surface area (Å²) in [6.45, 7) is 1.74. The third kappa shape index (κ3) is 8.55. The summed E-state index contributed by atoms with van der Waals surface area (Å²) in [6, 6.07) is 61.5. The van der Waals surface area contributed by atoms with Crippen molar-refractivity contribution < 1.29 is 9.69 Å². The van der Waals surface area contributed by atoms with E-state index >= 15 is 0 Å². The molecule has 0 aliphatic rings. The van der Waals surface area contributed by atoms with E-state index in [0.717, 1.165) is 24.9 Å². The summed E-state index contributed by atoms with van der Waals surface area (Å²) in [7, 11) is 4.33. The van der Waals surface area contributed by atoms with Gasteiger partial charge >= 0.3 is 0 Å². The summed E-state index contributed by atoms with van der Waals surface area (Å²) in [5.74, 6) is 0.00613. The number of hydrogen-bond acceptors (Lipinski definition) is 1. The second-order valence-electron chi connectivity index (χ2n) is 12.4. The molecule has 47 heavy (non-hydrogen) atoms. The Morgan fingerprint density at radius 1 is 0.511 bits per heavy atom. The van der Waals surface area contributed by atoms with Crippen molar-refractivity contribution in [2.75, 3.05) is 20.6 Å². The van der Waals surface area contributed by atoms with E-state index in [2.05, 4.69) is 165 Å². The van der Waals surface area contributed by atoms with Crippen molar-refractivity contribution >= 4 is 33.9 Å². The highest BCUT2D eigenvalue weighted by molar-refractivity contribution is 7.19. The molecule has 0 bridgehead atoms. The highest BCUT2D eigenvalue weighted by Crippen LogP contribution is 2.11. The molecule has 3 nitrogen and oxygen atoms in total. The van der Waals surface area contributed by atoms with Gasteiger partial charge in [0.2, 0.25) is 0 Å². The van der Waals surface area contributed by atoms with Gasteiger partial charge in [0.15, 0.2) is 0 Å². The first kappa shape index (κ1) is 33.2. The third-order valence-electron chi connectivity index (χ3n) is 8.81. The molecule has 0 aliphatic heterocycles. The highest BCUT2D eigenvalue weighted by atomic mass is 16.1. The summed E-state index contributed by atoms with van der Waals surface area (Å²) < 4.78 is 0. The highest BCUT2D eigenvalue weighted by Gasteiger charge is 2.31. The largest absolute Gasteiger partial charge is 0.352 e. The Morgan fingerprint density at radius 2 is 0.872 bits per heavy atom. The van der Waals surface area contributed by atoms with Crippen LogP contribution >= 0.6 is 0 Å². The van der Waals surface area contributed by atoms with Gasteiger partial charge in [0, 0.05) is 17.7 Å². The maximum Gasteiger partial charge on any atom is 0.251 e. The Balaban J connectivity index is 0.000000186. The lowest BCUT2D eigenvalue weighted by atomic mass is 9.13. The van der Waals surface area contributed by atoms with E-state index < -0.39 is 6.15 Å². The lowest BCUT2D eigenvalue weighted by Gasteiger charge is -2.44. The molecule has 0 heterocycles. The monoisotopic (exact) mass is 616 g/mol. The smallest absolute Gasteiger partial charge is 0.251 e. The number of benzene rings is 6. The minimum atomic E-state index is -1.22. The van der Waals surface area contributed by atoms with E-state index in [0.29, 0.717) is 6.54 Å². The van der Waals surface area contributed by atoms with Crippen molar-refractivity contribution in [3.8, 4) is 0 Å². The normalized spacial score (nSPS) is 11.0. The number of hydrogen-bond donors (Lipinski definition) is 2. The Bertz CT molecular complexity index is 1610. The van der Waals surface area contributed by atoms with E-state index in [1.165, 1.54) is 37.9 Å². The second kappa shape index (κ2) is 16.9. The van der Waals surface area contributed by atoms with Crippen LogP contribution < -0.4 is 32.1 Å². The van der Waals surface area contributed by atoms with E-state index in [4.69, 9.17) is 0 Å². The number of nitrogens with one attached hydrogen (secondary N) is 2. The van der Waals surface area contributed by atoms with Crippen molar-refractivity contribution in [2.45, 2.75) is 19.4 Å². The number of carbonyl (C=O) groups excluding carboxylic acids is 1. The maximum atomic E-state index is 12.0. The van der Waals surface area contributed by atoms with Crippen LogP contribution in [0.1, 0.15) is 27.9 Å². The van der Waals surface area contributed by atoms with Crippen molar-refractivity contribution in [1.82, 2.24) is 5.32 Å². The van der Waals surface area contributed by atoms with Gasteiger partial charge in [-0.05, 0) is 30.5 Å². The van der Waals surface area contributed by atoms with Crippen LogP contribution in [0.5, 0.6) is 0 Å². The molecule has 0 atom stereocenters. The van der Waals surface area contributed by atoms with Gasteiger partial charge in [0.25, 0.3) is 5.91 Å². The SMILES string of the molecule is C[NH+](C)Cc1ccccc1CCCNC(=O)c1ccccc1.c1ccc([B-](c2ccccc2)(c2ccccc2)c2ccccc2)cc1. The average molecular weight is 617 g/mol. The predicted octanol–water partition coefficient (Wildman–Crippen LogP) is 4.76. The lowest BCUT2D eigenvalue weighted by molar-refractivity contribution is -0.872. The molecule has 6 aromatic carbocycles. The third-order valence-corrected chi connectivity index (χ3v) is 8.81. The Kier molecular flexibility index (Phi) is 12.0. The number of rotatable bonds is 11. The molecule has 236 valence electrons. The van der Waals surface area contributed by atoms with Crippen LogP contribution in [-0.2, 0) is 13.0 Å². The summed E-state index contributed by atoms with van der Waals surface area (Å²) >= 11 is 0. The van der Waals surface area contributed by atoms with Crippen molar-refractivity contribution in [2.24, 2.45) is 0 Å². The first-order valence-electron chi connectivity index (χ1n) is 16.7. The zero-order valence-electron chi connectivity index (χ0n) is 27.6. The molecule has 0 radical (unpaired) electrons. The Labute approximate surface area is 280 Å². The van der Waals surface area contributed by atoms with Gasteiger partial charge in [0.05, 0.1) is 14.1 Å². The minimum Gasteiger partial charge on any atom is -0.352 e. The van der Waals surface area contributed by atoms with E-state index in [9.17, 15) is 4.79 Å². The van der Waals surface area contributed by atoms with Gasteiger partial charge < -0.3 is 10.2 Å². The van der Waals surface area contributed by atoms with Gasteiger partial charge in [-0.15, -0.1) is 0 Å². The van der Waals surface area contributed by atoms with Crippen molar-refractivity contribution in [1.29, 1.82) is 0 Å². The average Bonchev–Trinajstić information content (AvgIpc) is 3.13. The molecule has 0 aromatic heterocycles. The predicted molar refractivity (Wildman–Crippen MR) is 200 cm³/mol. The van der Waals surface area contributed by atoms with Crippen LogP contribution in [0.3, 0.4) is 0 Å². The van der Waals surface area contributed by atoms with Crippen LogP contribution in [0.2, 0.25) is 0 Å². The second-order valence-corrected chi connectivity index (χ2v) is 12.4. The number of quaternary nitrogens is 1. The van der Waals surface area contributed by atoms with Gasteiger partial charge in [-0.25, -0.2) is 0 Å². The molecule has 0 saturated heterocycles. The summed E-state index contributed by atoms with van der Waals surface area (Å²) in [6.07, 6.45) is 0.740. The maximum absolute atomic E-state index is 12.0. The number of amides is 1. The van der Waals surface area contributed by atoms with Gasteiger partial charge in [-0.1, -0.05) is 164 Å². The molecule has 1 amide bonds. The fourth-order valence-corrected chi connectivity index (χ4v) is 6.65. The van der Waals surface area contributed by atoms with Crippen molar-refractivity contribution in [3.05, 3.63) is 193 Å². The Morgan fingerprint density at radius 3 is 1.28 bits per heavy atom. The molecule has 0 aliphatic carbocycles. The van der Waals surface area contributed by atoms with Crippen LogP contribution in [0.15, 0.2) is 176 Å². The zero-order valence-corrected chi connectivity index (χ0v) is 27.6. The van der Waals surface area contributed by atoms with Crippen LogP contribution in [0.4, 0.5) is 0 Å². The van der Waals surface area contributed by atoms with Crippen LogP contribution in [0, 0.1) is 0 Å². The fraction of sp³-hybridized carbons (Fsp3) is 0.140. The van der Waals surface area contributed by atoms with Crippen LogP contribution in [-0.4, -0.2) is 32.7 Å².